The molecular formula is C21H23F3N2O3. The molecule has 1 aromatic heterocycles. The van der Waals surface area contributed by atoms with Crippen LogP contribution in [-0.2, 0) is 12.8 Å². The van der Waals surface area contributed by atoms with Crippen molar-refractivity contribution >= 4 is 0 Å². The zero-order valence-corrected chi connectivity index (χ0v) is 15.9. The fourth-order valence-electron chi connectivity index (χ4n) is 3.13. The highest BCUT2D eigenvalue weighted by atomic mass is 19.4. The van der Waals surface area contributed by atoms with Gasteiger partial charge in [-0.1, -0.05) is 18.7 Å². The van der Waals surface area contributed by atoms with E-state index in [1.165, 1.54) is 12.1 Å². The average Bonchev–Trinajstić information content (AvgIpc) is 3.17. The Hall–Kier alpha value is -2.74. The van der Waals surface area contributed by atoms with Crippen molar-refractivity contribution in [3.63, 3.8) is 0 Å². The smallest absolute Gasteiger partial charge is 0.437 e. The predicted octanol–water partition coefficient (Wildman–Crippen LogP) is 4.03. The van der Waals surface area contributed by atoms with Gasteiger partial charge in [0.1, 0.15) is 11.9 Å². The summed E-state index contributed by atoms with van der Waals surface area (Å²) >= 11 is 0. The molecule has 1 saturated heterocycles. The van der Waals surface area contributed by atoms with Gasteiger partial charge in [0.2, 0.25) is 0 Å². The lowest BCUT2D eigenvalue weighted by Crippen LogP contribution is -2.25. The molecule has 1 aromatic carbocycles. The third kappa shape index (κ3) is 5.63. The lowest BCUT2D eigenvalue weighted by molar-refractivity contribution is -0.142. The van der Waals surface area contributed by atoms with Gasteiger partial charge in [-0.15, -0.1) is 0 Å². The summed E-state index contributed by atoms with van der Waals surface area (Å²) in [5, 5.41) is 9.04. The Labute approximate surface area is 167 Å². The van der Waals surface area contributed by atoms with E-state index in [1.807, 2.05) is 4.90 Å². The Morgan fingerprint density at radius 3 is 2.69 bits per heavy atom. The Balaban J connectivity index is 1.47. The molecule has 0 aliphatic carbocycles. The van der Waals surface area contributed by atoms with Crippen LogP contribution < -0.4 is 9.47 Å². The van der Waals surface area contributed by atoms with Gasteiger partial charge in [-0.25, -0.2) is 4.98 Å². The fraction of sp³-hybridized carbons (Fsp3) is 0.381. The van der Waals surface area contributed by atoms with Crippen LogP contribution in [-0.4, -0.2) is 40.8 Å². The highest BCUT2D eigenvalue weighted by Gasteiger charge is 2.37. The highest BCUT2D eigenvalue weighted by molar-refractivity contribution is 5.29. The Morgan fingerprint density at radius 2 is 2.00 bits per heavy atom. The molecule has 0 amide bonds. The summed E-state index contributed by atoms with van der Waals surface area (Å²) < 4.78 is 50.4. The summed E-state index contributed by atoms with van der Waals surface area (Å²) in [7, 11) is 0. The minimum absolute atomic E-state index is 0.0151. The molecular weight excluding hydrogens is 385 g/mol. The summed E-state index contributed by atoms with van der Waals surface area (Å²) in [6.45, 7) is 5.61. The molecule has 3 rings (SSSR count). The number of benzene rings is 1. The number of pyridine rings is 1. The van der Waals surface area contributed by atoms with Crippen molar-refractivity contribution in [3.8, 4) is 11.5 Å². The van der Waals surface area contributed by atoms with Crippen LogP contribution in [0.2, 0.25) is 0 Å². The first-order valence-electron chi connectivity index (χ1n) is 9.31. The first-order chi connectivity index (χ1) is 13.9. The van der Waals surface area contributed by atoms with Gasteiger partial charge in [0, 0.05) is 31.3 Å². The number of hydrogen-bond acceptors (Lipinski definition) is 5. The molecule has 156 valence electrons. The van der Waals surface area contributed by atoms with E-state index >= 15 is 0 Å². The summed E-state index contributed by atoms with van der Waals surface area (Å²) in [5.41, 5.74) is 0.662. The van der Waals surface area contributed by atoms with E-state index < -0.39 is 11.9 Å². The molecule has 1 N–H and O–H groups in total. The maximum absolute atomic E-state index is 13.1. The van der Waals surface area contributed by atoms with Gasteiger partial charge in [0.15, 0.2) is 11.4 Å². The van der Waals surface area contributed by atoms with Crippen LogP contribution in [0.1, 0.15) is 24.1 Å². The number of aliphatic hydroxyl groups is 1. The number of likely N-dealkylation sites (tertiary alicyclic amines) is 1. The number of nitrogens with zero attached hydrogens (tertiary/aromatic N) is 2. The summed E-state index contributed by atoms with van der Waals surface area (Å²) in [4.78, 5) is 5.42. The van der Waals surface area contributed by atoms with Crippen molar-refractivity contribution in [3.05, 3.63) is 66.1 Å². The van der Waals surface area contributed by atoms with Gasteiger partial charge in [-0.2, -0.15) is 13.2 Å². The molecule has 1 atom stereocenters. The zero-order valence-electron chi connectivity index (χ0n) is 15.9. The Kier molecular flexibility index (Phi) is 6.64. The molecule has 8 heteroatoms. The van der Waals surface area contributed by atoms with E-state index in [4.69, 9.17) is 14.6 Å². The third-order valence-corrected chi connectivity index (χ3v) is 4.69. The molecule has 0 radical (unpaired) electrons. The van der Waals surface area contributed by atoms with Crippen LogP contribution >= 0.6 is 0 Å². The molecule has 2 heterocycles. The second-order valence-corrected chi connectivity index (χ2v) is 6.79. The lowest BCUT2D eigenvalue weighted by Gasteiger charge is -2.22. The molecule has 2 aromatic rings. The molecule has 0 spiro atoms. The largest absolute Gasteiger partial charge is 0.493 e. The molecule has 0 bridgehead atoms. The maximum Gasteiger partial charge on any atom is 0.437 e. The van der Waals surface area contributed by atoms with E-state index in [9.17, 15) is 13.2 Å². The maximum atomic E-state index is 13.1. The van der Waals surface area contributed by atoms with E-state index in [0.717, 1.165) is 17.5 Å². The van der Waals surface area contributed by atoms with Crippen molar-refractivity contribution in [1.82, 2.24) is 9.88 Å². The first kappa shape index (κ1) is 21.0. The monoisotopic (exact) mass is 408 g/mol. The summed E-state index contributed by atoms with van der Waals surface area (Å²) in [6, 6.07) is 9.89. The highest BCUT2D eigenvalue weighted by Crippen LogP contribution is 2.35. The standard InChI is InChI=1S/C21H23F3N2O3/c1-15(9-12-28-17-6-4-16(14-27)5-7-17)26-11-8-18(13-26)29-19-3-2-10-25-20(19)21(22,23)24/h2-7,10,18,27H,1,8-9,11-14H2/t18-/m1/s1. The van der Waals surface area contributed by atoms with E-state index in [-0.39, 0.29) is 18.5 Å². The minimum atomic E-state index is -4.55. The van der Waals surface area contributed by atoms with E-state index in [1.54, 1.807) is 24.3 Å². The molecule has 5 nitrogen and oxygen atoms in total. The fourth-order valence-corrected chi connectivity index (χ4v) is 3.13. The molecule has 0 unspecified atom stereocenters. The first-order valence-corrected chi connectivity index (χ1v) is 9.31. The number of aromatic nitrogens is 1. The van der Waals surface area contributed by atoms with E-state index in [2.05, 4.69) is 11.6 Å². The van der Waals surface area contributed by atoms with Gasteiger partial charge in [0.25, 0.3) is 0 Å². The normalized spacial score (nSPS) is 16.7. The summed E-state index contributed by atoms with van der Waals surface area (Å²) in [6.07, 6.45) is -2.60. The number of hydrogen-bond donors (Lipinski definition) is 1. The number of aliphatic hydroxyl groups excluding tert-OH is 1. The van der Waals surface area contributed by atoms with Crippen LogP contribution in [0.25, 0.3) is 0 Å². The minimum Gasteiger partial charge on any atom is -0.493 e. The second kappa shape index (κ2) is 9.17. The van der Waals surface area contributed by atoms with Crippen molar-refractivity contribution in [2.75, 3.05) is 19.7 Å². The molecule has 0 saturated carbocycles. The Morgan fingerprint density at radius 1 is 1.24 bits per heavy atom. The van der Waals surface area contributed by atoms with Crippen LogP contribution in [0, 0.1) is 0 Å². The van der Waals surface area contributed by atoms with Crippen LogP contribution in [0.5, 0.6) is 11.5 Å². The average molecular weight is 408 g/mol. The second-order valence-electron chi connectivity index (χ2n) is 6.79. The van der Waals surface area contributed by atoms with Gasteiger partial charge in [0.05, 0.1) is 19.8 Å². The van der Waals surface area contributed by atoms with Crippen molar-refractivity contribution in [1.29, 1.82) is 0 Å². The quantitative estimate of drug-likeness (QED) is 0.715. The number of halogens is 3. The van der Waals surface area contributed by atoms with E-state index in [0.29, 0.717) is 38.3 Å². The van der Waals surface area contributed by atoms with Gasteiger partial charge >= 0.3 is 6.18 Å². The van der Waals surface area contributed by atoms with Crippen molar-refractivity contribution < 1.29 is 27.8 Å². The van der Waals surface area contributed by atoms with Crippen LogP contribution in [0.15, 0.2) is 54.9 Å². The van der Waals surface area contributed by atoms with Crippen molar-refractivity contribution in [2.24, 2.45) is 0 Å². The molecule has 1 fully saturated rings. The molecule has 29 heavy (non-hydrogen) atoms. The summed E-state index contributed by atoms with van der Waals surface area (Å²) in [5.74, 6) is 0.459. The number of rotatable bonds is 8. The van der Waals surface area contributed by atoms with Crippen LogP contribution in [0.3, 0.4) is 0 Å². The Bertz CT molecular complexity index is 825. The van der Waals surface area contributed by atoms with Gasteiger partial charge < -0.3 is 19.5 Å². The third-order valence-electron chi connectivity index (χ3n) is 4.69. The number of ether oxygens (including phenoxy) is 2. The topological polar surface area (TPSA) is 54.8 Å². The van der Waals surface area contributed by atoms with Gasteiger partial charge in [-0.3, -0.25) is 0 Å². The number of alkyl halides is 3. The molecule has 1 aliphatic rings. The zero-order chi connectivity index (χ0) is 20.9. The molecule has 1 aliphatic heterocycles. The predicted molar refractivity (Wildman–Crippen MR) is 101 cm³/mol. The lowest BCUT2D eigenvalue weighted by atomic mass is 10.2. The van der Waals surface area contributed by atoms with Crippen molar-refractivity contribution in [2.45, 2.75) is 31.7 Å². The van der Waals surface area contributed by atoms with Crippen LogP contribution in [0.4, 0.5) is 13.2 Å². The SMILES string of the molecule is C=C(CCOc1ccc(CO)cc1)N1CC[C@@H](Oc2cccnc2C(F)(F)F)C1. The van der Waals surface area contributed by atoms with Gasteiger partial charge in [-0.05, 0) is 29.8 Å².